The van der Waals surface area contributed by atoms with Crippen LogP contribution < -0.4 is 5.32 Å². The first kappa shape index (κ1) is 17.8. The number of benzene rings is 1. The molecule has 2 fully saturated rings. The number of ether oxygens (including phenoxy) is 4. The summed E-state index contributed by atoms with van der Waals surface area (Å²) in [6, 6.07) is 8.38. The molecule has 0 unspecified atom stereocenters. The highest BCUT2D eigenvalue weighted by atomic mass is 16.7. The van der Waals surface area contributed by atoms with Gasteiger partial charge in [0.15, 0.2) is 18.7 Å². The number of hydrogen-bond acceptors (Lipinski definition) is 7. The third kappa shape index (κ3) is 3.98. The molecular weight excluding hydrogens is 330 g/mol. The molecule has 1 aromatic carbocycles. The lowest BCUT2D eigenvalue weighted by molar-refractivity contribution is -0.338. The number of amides is 1. The fraction of sp³-hybridized carbons (Fsp3) is 0.529. The predicted molar refractivity (Wildman–Crippen MR) is 84.0 cm³/mol. The first-order valence-corrected chi connectivity index (χ1v) is 8.05. The second-order valence-electron chi connectivity index (χ2n) is 6.04. The molecule has 0 radical (unpaired) electrons. The molecule has 0 aliphatic carbocycles. The van der Waals surface area contributed by atoms with Crippen LogP contribution in [0.3, 0.4) is 0 Å². The molecule has 0 saturated carbocycles. The van der Waals surface area contributed by atoms with E-state index < -0.39 is 42.9 Å². The van der Waals surface area contributed by atoms with Crippen LogP contribution in [-0.2, 0) is 28.5 Å². The van der Waals surface area contributed by atoms with E-state index in [2.05, 4.69) is 5.32 Å². The van der Waals surface area contributed by atoms with Gasteiger partial charge in [-0.2, -0.15) is 0 Å². The van der Waals surface area contributed by atoms with E-state index in [0.29, 0.717) is 0 Å². The smallest absolute Gasteiger partial charge is 0.303 e. The van der Waals surface area contributed by atoms with Crippen molar-refractivity contribution in [2.24, 2.45) is 0 Å². The summed E-state index contributed by atoms with van der Waals surface area (Å²) in [7, 11) is 0. The highest BCUT2D eigenvalue weighted by Crippen LogP contribution is 2.34. The van der Waals surface area contributed by atoms with Crippen LogP contribution in [0.5, 0.6) is 0 Å². The average molecular weight is 351 g/mol. The fourth-order valence-electron chi connectivity index (χ4n) is 3.09. The van der Waals surface area contributed by atoms with Gasteiger partial charge >= 0.3 is 5.97 Å². The van der Waals surface area contributed by atoms with Crippen LogP contribution in [0.2, 0.25) is 0 Å². The Balaban J connectivity index is 1.84. The van der Waals surface area contributed by atoms with E-state index >= 15 is 0 Å². The Bertz CT molecular complexity index is 623. The molecule has 2 N–H and O–H groups in total. The maximum atomic E-state index is 11.5. The van der Waals surface area contributed by atoms with Gasteiger partial charge in [0, 0.05) is 19.4 Å². The van der Waals surface area contributed by atoms with Gasteiger partial charge in [-0.15, -0.1) is 0 Å². The maximum absolute atomic E-state index is 11.5. The number of aliphatic hydroxyl groups excluding tert-OH is 1. The number of esters is 1. The number of rotatable bonds is 3. The van der Waals surface area contributed by atoms with Crippen molar-refractivity contribution < 1.29 is 33.6 Å². The van der Waals surface area contributed by atoms with Crippen molar-refractivity contribution >= 4 is 11.9 Å². The fourth-order valence-corrected chi connectivity index (χ4v) is 3.09. The molecule has 6 atom stereocenters. The quantitative estimate of drug-likeness (QED) is 0.753. The van der Waals surface area contributed by atoms with Gasteiger partial charge in [0.2, 0.25) is 5.91 Å². The van der Waals surface area contributed by atoms with Crippen molar-refractivity contribution in [1.82, 2.24) is 5.32 Å². The van der Waals surface area contributed by atoms with E-state index in [9.17, 15) is 14.7 Å². The van der Waals surface area contributed by atoms with E-state index in [0.717, 1.165) is 5.56 Å². The first-order valence-electron chi connectivity index (χ1n) is 8.05. The lowest BCUT2D eigenvalue weighted by Crippen LogP contribution is -2.67. The highest BCUT2D eigenvalue weighted by molar-refractivity contribution is 5.73. The Morgan fingerprint density at radius 1 is 1.20 bits per heavy atom. The minimum absolute atomic E-state index is 0.159. The summed E-state index contributed by atoms with van der Waals surface area (Å²) < 4.78 is 22.5. The van der Waals surface area contributed by atoms with Crippen LogP contribution in [-0.4, -0.2) is 54.2 Å². The van der Waals surface area contributed by atoms with E-state index in [1.54, 1.807) is 0 Å². The van der Waals surface area contributed by atoms with Crippen molar-refractivity contribution in [3.8, 4) is 0 Å². The van der Waals surface area contributed by atoms with Gasteiger partial charge in [0.1, 0.15) is 18.2 Å². The van der Waals surface area contributed by atoms with Crippen molar-refractivity contribution in [2.45, 2.75) is 50.8 Å². The minimum atomic E-state index is -1.34. The second-order valence-corrected chi connectivity index (χ2v) is 6.04. The Morgan fingerprint density at radius 2 is 1.92 bits per heavy atom. The molecule has 8 heteroatoms. The van der Waals surface area contributed by atoms with E-state index in [1.807, 2.05) is 30.3 Å². The summed E-state index contributed by atoms with van der Waals surface area (Å²) in [4.78, 5) is 23.0. The number of carbonyl (C=O) groups is 2. The van der Waals surface area contributed by atoms with Gasteiger partial charge in [-0.05, 0) is 0 Å². The zero-order valence-corrected chi connectivity index (χ0v) is 14.0. The highest BCUT2D eigenvalue weighted by Gasteiger charge is 2.51. The van der Waals surface area contributed by atoms with Gasteiger partial charge in [-0.1, -0.05) is 30.3 Å². The Hall–Kier alpha value is -2.00. The molecule has 0 aromatic heterocycles. The lowest BCUT2D eigenvalue weighted by atomic mass is 9.95. The topological polar surface area (TPSA) is 103 Å². The summed E-state index contributed by atoms with van der Waals surface area (Å²) in [5, 5.41) is 12.7. The van der Waals surface area contributed by atoms with Crippen LogP contribution in [0.4, 0.5) is 0 Å². The molecule has 2 aliphatic heterocycles. The second kappa shape index (κ2) is 7.49. The van der Waals surface area contributed by atoms with Crippen molar-refractivity contribution in [1.29, 1.82) is 0 Å². The zero-order valence-electron chi connectivity index (χ0n) is 14.0. The summed E-state index contributed by atoms with van der Waals surface area (Å²) in [5.74, 6) is -0.922. The van der Waals surface area contributed by atoms with Crippen LogP contribution in [0.25, 0.3) is 0 Å². The summed E-state index contributed by atoms with van der Waals surface area (Å²) in [5.41, 5.74) is 0.810. The Kier molecular flexibility index (Phi) is 5.33. The van der Waals surface area contributed by atoms with Crippen LogP contribution >= 0.6 is 0 Å². The molecule has 0 spiro atoms. The van der Waals surface area contributed by atoms with Gasteiger partial charge in [0.05, 0.1) is 6.61 Å². The molecule has 2 saturated heterocycles. The average Bonchev–Trinajstić information content (AvgIpc) is 2.58. The third-order valence-corrected chi connectivity index (χ3v) is 4.10. The molecule has 25 heavy (non-hydrogen) atoms. The molecule has 1 aromatic rings. The summed E-state index contributed by atoms with van der Waals surface area (Å²) in [6.07, 6.45) is -4.20. The van der Waals surface area contributed by atoms with Crippen molar-refractivity contribution in [2.75, 3.05) is 6.61 Å². The van der Waals surface area contributed by atoms with Gasteiger partial charge < -0.3 is 29.4 Å². The van der Waals surface area contributed by atoms with Gasteiger partial charge in [-0.25, -0.2) is 0 Å². The zero-order chi connectivity index (χ0) is 18.0. The number of aliphatic hydroxyl groups is 1. The molecule has 3 rings (SSSR count). The monoisotopic (exact) mass is 351 g/mol. The number of fused-ring (bicyclic) bond motifs is 1. The predicted octanol–water partition coefficient (Wildman–Crippen LogP) is 0.254. The van der Waals surface area contributed by atoms with Crippen LogP contribution in [0.15, 0.2) is 30.3 Å². The van der Waals surface area contributed by atoms with E-state index in [4.69, 9.17) is 18.9 Å². The van der Waals surface area contributed by atoms with E-state index in [-0.39, 0.29) is 12.5 Å². The number of carbonyl (C=O) groups excluding carboxylic acids is 2. The summed E-state index contributed by atoms with van der Waals surface area (Å²) >= 11 is 0. The first-order chi connectivity index (χ1) is 12.0. The lowest BCUT2D eigenvalue weighted by Gasteiger charge is -2.47. The maximum Gasteiger partial charge on any atom is 0.303 e. The van der Waals surface area contributed by atoms with Gasteiger partial charge in [-0.3, -0.25) is 9.59 Å². The summed E-state index contributed by atoms with van der Waals surface area (Å²) in [6.45, 7) is 2.72. The van der Waals surface area contributed by atoms with Gasteiger partial charge in [0.25, 0.3) is 0 Å². The van der Waals surface area contributed by atoms with Crippen LogP contribution in [0, 0.1) is 0 Å². The Labute approximate surface area is 145 Å². The Morgan fingerprint density at radius 3 is 2.56 bits per heavy atom. The molecule has 136 valence electrons. The van der Waals surface area contributed by atoms with Crippen molar-refractivity contribution in [3.05, 3.63) is 35.9 Å². The minimum Gasteiger partial charge on any atom is -0.457 e. The molecule has 2 heterocycles. The number of nitrogens with one attached hydrogen (secondary N) is 1. The van der Waals surface area contributed by atoms with Crippen LogP contribution in [0.1, 0.15) is 25.7 Å². The molecule has 0 bridgehead atoms. The number of hydrogen-bond donors (Lipinski definition) is 2. The molecule has 2 aliphatic rings. The standard InChI is InChI=1S/C17H21NO7/c1-9(19)18-13-15(23-10(2)20)14-12(24-16(13)21)8-22-17(25-14)11-6-4-3-5-7-11/h3-7,12-17,21H,8H2,1-2H3,(H,18,19)/t12-,13-,14+,15-,16-,17-/m1/s1. The third-order valence-electron chi connectivity index (χ3n) is 4.10. The van der Waals surface area contributed by atoms with Crippen molar-refractivity contribution in [3.63, 3.8) is 0 Å². The largest absolute Gasteiger partial charge is 0.457 e. The van der Waals surface area contributed by atoms with E-state index in [1.165, 1.54) is 13.8 Å². The molecule has 1 amide bonds. The molecule has 8 nitrogen and oxygen atoms in total. The normalized spacial score (nSPS) is 34.7. The molecular formula is C17H21NO7. The SMILES string of the molecule is CC(=O)N[C@@H]1[C@@H](OC(C)=O)[C@H]2O[C@H](c3ccccc3)OC[C@H]2O[C@H]1O.